The van der Waals surface area contributed by atoms with Crippen LogP contribution in [0.5, 0.6) is 0 Å². The molecule has 3 rings (SSSR count). The number of halogens is 1. The summed E-state index contributed by atoms with van der Waals surface area (Å²) >= 11 is 1.67. The van der Waals surface area contributed by atoms with E-state index in [1.165, 1.54) is 6.08 Å². The maximum Gasteiger partial charge on any atom is 0.117 e. The number of hydrogen-bond donors (Lipinski definition) is 1. The fourth-order valence-corrected chi connectivity index (χ4v) is 3.99. The molecule has 0 amide bonds. The Kier molecular flexibility index (Phi) is 5.99. The molecule has 0 radical (unpaired) electrons. The first kappa shape index (κ1) is 19.6. The monoisotopic (exact) mass is 384 g/mol. The van der Waals surface area contributed by atoms with E-state index >= 15 is 0 Å². The number of benzene rings is 1. The fourth-order valence-electron chi connectivity index (χ4n) is 3.25. The van der Waals surface area contributed by atoms with Gasteiger partial charge >= 0.3 is 0 Å². The van der Waals surface area contributed by atoms with Crippen molar-refractivity contribution in [1.29, 1.82) is 0 Å². The number of hydrogen-bond acceptors (Lipinski definition) is 4. The van der Waals surface area contributed by atoms with E-state index in [1.54, 1.807) is 11.9 Å². The summed E-state index contributed by atoms with van der Waals surface area (Å²) in [4.78, 5) is 5.93. The van der Waals surface area contributed by atoms with Gasteiger partial charge in [0.05, 0.1) is 17.6 Å². The Bertz CT molecular complexity index is 991. The molecule has 1 aromatic carbocycles. The molecule has 0 fully saturated rings. The van der Waals surface area contributed by atoms with Crippen LogP contribution in [0.2, 0.25) is 0 Å². The highest BCUT2D eigenvalue weighted by Crippen LogP contribution is 2.36. The normalized spacial score (nSPS) is 12.3. The van der Waals surface area contributed by atoms with Gasteiger partial charge in [0.25, 0.3) is 0 Å². The van der Waals surface area contributed by atoms with Crippen molar-refractivity contribution in [1.82, 2.24) is 13.9 Å². The van der Waals surface area contributed by atoms with E-state index in [1.807, 2.05) is 44.6 Å². The van der Waals surface area contributed by atoms with Crippen LogP contribution in [0, 0.1) is 13.8 Å². The molecule has 0 spiro atoms. The smallest absolute Gasteiger partial charge is 0.117 e. The molecular formula is C21H25FN4S. The molecule has 3 aromatic rings. The average Bonchev–Trinajstić information content (AvgIpc) is 2.86. The standard InChI is InChI=1S/C21H25FN4S/c1-14-8-9-19-21(24-14)20(15(2)26(19)13-17(22)10-11-23)16-6-5-7-18(12-16)27-25(3)4/h5-10,12H,11,13,23H2,1-4H3/b17-10-. The number of rotatable bonds is 6. The van der Waals surface area contributed by atoms with Gasteiger partial charge in [-0.2, -0.15) is 0 Å². The quantitative estimate of drug-likeness (QED) is 0.626. The van der Waals surface area contributed by atoms with Crippen LogP contribution >= 0.6 is 11.9 Å². The predicted molar refractivity (Wildman–Crippen MR) is 112 cm³/mol. The third-order valence-electron chi connectivity index (χ3n) is 4.37. The highest BCUT2D eigenvalue weighted by Gasteiger charge is 2.18. The Morgan fingerprint density at radius 2 is 2.04 bits per heavy atom. The Hall–Kier alpha value is -2.15. The molecule has 2 N–H and O–H groups in total. The number of nitrogens with two attached hydrogens (primary N) is 1. The lowest BCUT2D eigenvalue weighted by atomic mass is 10.1. The second-order valence-corrected chi connectivity index (χ2v) is 8.07. The first-order chi connectivity index (χ1) is 12.9. The molecule has 0 saturated carbocycles. The third kappa shape index (κ3) is 4.24. The van der Waals surface area contributed by atoms with Crippen molar-refractivity contribution < 1.29 is 4.39 Å². The predicted octanol–water partition coefficient (Wildman–Crippen LogP) is 4.70. The Morgan fingerprint density at radius 1 is 1.26 bits per heavy atom. The minimum absolute atomic E-state index is 0.163. The number of aromatic nitrogens is 2. The van der Waals surface area contributed by atoms with Gasteiger partial charge in [0.1, 0.15) is 5.83 Å². The zero-order chi connectivity index (χ0) is 19.6. The van der Waals surface area contributed by atoms with Crippen LogP contribution in [0.3, 0.4) is 0 Å². The van der Waals surface area contributed by atoms with Gasteiger partial charge in [0.15, 0.2) is 0 Å². The lowest BCUT2D eigenvalue weighted by Gasteiger charge is -2.10. The molecular weight excluding hydrogens is 359 g/mol. The zero-order valence-corrected chi connectivity index (χ0v) is 17.0. The van der Waals surface area contributed by atoms with Crippen molar-refractivity contribution in [2.45, 2.75) is 25.3 Å². The van der Waals surface area contributed by atoms with E-state index in [9.17, 15) is 4.39 Å². The fraction of sp³-hybridized carbons (Fsp3) is 0.286. The molecule has 0 aliphatic heterocycles. The highest BCUT2D eigenvalue weighted by atomic mass is 32.2. The van der Waals surface area contributed by atoms with Gasteiger partial charge in [0, 0.05) is 28.4 Å². The van der Waals surface area contributed by atoms with Crippen molar-refractivity contribution in [3.8, 4) is 11.1 Å². The summed E-state index contributed by atoms with van der Waals surface area (Å²) < 4.78 is 18.3. The van der Waals surface area contributed by atoms with E-state index < -0.39 is 0 Å². The lowest BCUT2D eigenvalue weighted by molar-refractivity contribution is 0.555. The zero-order valence-electron chi connectivity index (χ0n) is 16.2. The summed E-state index contributed by atoms with van der Waals surface area (Å²) in [6, 6.07) is 12.4. The van der Waals surface area contributed by atoms with E-state index in [4.69, 9.17) is 10.7 Å². The highest BCUT2D eigenvalue weighted by molar-refractivity contribution is 7.97. The van der Waals surface area contributed by atoms with Gasteiger partial charge < -0.3 is 10.3 Å². The van der Waals surface area contributed by atoms with Crippen LogP contribution < -0.4 is 5.73 Å². The van der Waals surface area contributed by atoms with E-state index in [2.05, 4.69) is 28.6 Å². The minimum Gasteiger partial charge on any atom is -0.336 e. The summed E-state index contributed by atoms with van der Waals surface area (Å²) in [6.45, 7) is 4.35. The second kappa shape index (κ2) is 8.25. The van der Waals surface area contributed by atoms with Crippen molar-refractivity contribution in [3.63, 3.8) is 0 Å². The molecule has 142 valence electrons. The van der Waals surface area contributed by atoms with Crippen LogP contribution in [0.4, 0.5) is 4.39 Å². The molecule has 0 saturated heterocycles. The van der Waals surface area contributed by atoms with Crippen molar-refractivity contribution in [2.24, 2.45) is 5.73 Å². The average molecular weight is 385 g/mol. The number of aryl methyl sites for hydroxylation is 1. The lowest BCUT2D eigenvalue weighted by Crippen LogP contribution is -2.03. The first-order valence-corrected chi connectivity index (χ1v) is 9.64. The summed E-state index contributed by atoms with van der Waals surface area (Å²) in [7, 11) is 4.04. The Balaban J connectivity index is 2.19. The van der Waals surface area contributed by atoms with E-state index in [-0.39, 0.29) is 18.9 Å². The summed E-state index contributed by atoms with van der Waals surface area (Å²) in [6.07, 6.45) is 1.42. The van der Waals surface area contributed by atoms with Crippen molar-refractivity contribution in [2.75, 3.05) is 20.6 Å². The van der Waals surface area contributed by atoms with Gasteiger partial charge in [-0.1, -0.05) is 12.1 Å². The number of pyridine rings is 1. The Labute approximate surface area is 164 Å². The first-order valence-electron chi connectivity index (χ1n) is 8.87. The number of fused-ring (bicyclic) bond motifs is 1. The van der Waals surface area contributed by atoms with Crippen LogP contribution in [0.15, 0.2) is 53.2 Å². The Morgan fingerprint density at radius 3 is 2.74 bits per heavy atom. The number of allylic oxidation sites excluding steroid dienone is 1. The van der Waals surface area contributed by atoms with Crippen LogP contribution in [0.25, 0.3) is 22.2 Å². The molecule has 0 aliphatic rings. The van der Waals surface area contributed by atoms with Crippen LogP contribution in [-0.4, -0.2) is 34.5 Å². The second-order valence-electron chi connectivity index (χ2n) is 6.69. The summed E-state index contributed by atoms with van der Waals surface area (Å²) in [5, 5.41) is 0. The maximum atomic E-state index is 14.2. The summed E-state index contributed by atoms with van der Waals surface area (Å²) in [5.41, 5.74) is 11.4. The molecule has 2 heterocycles. The van der Waals surface area contributed by atoms with Gasteiger partial charge in [-0.05, 0) is 75.8 Å². The van der Waals surface area contributed by atoms with Crippen LogP contribution in [-0.2, 0) is 6.54 Å². The largest absolute Gasteiger partial charge is 0.336 e. The SMILES string of the molecule is Cc1ccc2c(n1)c(-c1cccc(SN(C)C)c1)c(C)n2C/C(F)=C/CN. The molecule has 0 bridgehead atoms. The van der Waals surface area contributed by atoms with Gasteiger partial charge in [-0.25, -0.2) is 4.39 Å². The molecule has 0 unspecified atom stereocenters. The number of nitrogens with zero attached hydrogens (tertiary/aromatic N) is 3. The van der Waals surface area contributed by atoms with Crippen molar-refractivity contribution in [3.05, 3.63) is 59.7 Å². The van der Waals surface area contributed by atoms with Gasteiger partial charge in [0.2, 0.25) is 0 Å². The molecule has 2 aromatic heterocycles. The third-order valence-corrected chi connectivity index (χ3v) is 5.20. The molecule has 0 atom stereocenters. The molecule has 0 aliphatic carbocycles. The van der Waals surface area contributed by atoms with E-state index in [0.717, 1.165) is 38.4 Å². The van der Waals surface area contributed by atoms with Gasteiger partial charge in [-0.15, -0.1) is 0 Å². The van der Waals surface area contributed by atoms with Crippen LogP contribution in [0.1, 0.15) is 11.4 Å². The summed E-state index contributed by atoms with van der Waals surface area (Å²) in [5.74, 6) is -0.235. The van der Waals surface area contributed by atoms with Crippen molar-refractivity contribution >= 4 is 23.0 Å². The molecule has 27 heavy (non-hydrogen) atoms. The molecule has 4 nitrogen and oxygen atoms in total. The minimum atomic E-state index is -0.235. The maximum absolute atomic E-state index is 14.2. The topological polar surface area (TPSA) is 47.1 Å². The molecule has 6 heteroatoms. The van der Waals surface area contributed by atoms with E-state index in [0.29, 0.717) is 0 Å². The van der Waals surface area contributed by atoms with Gasteiger partial charge in [-0.3, -0.25) is 9.29 Å².